The number of piperidine rings is 1. The van der Waals surface area contributed by atoms with Crippen LogP contribution in [0, 0.1) is 6.92 Å². The molecule has 0 radical (unpaired) electrons. The summed E-state index contributed by atoms with van der Waals surface area (Å²) in [4.78, 5) is 11.4. The molecular formula is C15H23N5O. The van der Waals surface area contributed by atoms with E-state index in [1.165, 1.54) is 12.8 Å². The van der Waals surface area contributed by atoms with E-state index >= 15 is 0 Å². The molecule has 1 fully saturated rings. The van der Waals surface area contributed by atoms with Crippen LogP contribution in [-0.4, -0.2) is 31.1 Å². The van der Waals surface area contributed by atoms with Gasteiger partial charge in [-0.05, 0) is 32.7 Å². The first kappa shape index (κ1) is 14.3. The lowest BCUT2D eigenvalue weighted by Gasteiger charge is -2.33. The van der Waals surface area contributed by atoms with Gasteiger partial charge in [0.1, 0.15) is 5.82 Å². The Morgan fingerprint density at radius 2 is 2.29 bits per heavy atom. The van der Waals surface area contributed by atoms with Crippen LogP contribution in [-0.2, 0) is 13.1 Å². The number of imidazole rings is 1. The van der Waals surface area contributed by atoms with Gasteiger partial charge in [-0.1, -0.05) is 18.5 Å². The third-order valence-corrected chi connectivity index (χ3v) is 4.05. The molecule has 0 N–H and O–H groups in total. The van der Waals surface area contributed by atoms with Gasteiger partial charge in [-0.25, -0.2) is 4.98 Å². The van der Waals surface area contributed by atoms with Crippen molar-refractivity contribution in [1.29, 1.82) is 0 Å². The maximum Gasteiger partial charge on any atom is 0.243 e. The van der Waals surface area contributed by atoms with Crippen LogP contribution in [0.1, 0.15) is 56.2 Å². The smallest absolute Gasteiger partial charge is 0.243 e. The highest BCUT2D eigenvalue weighted by Gasteiger charge is 2.29. The molecule has 0 bridgehead atoms. The summed E-state index contributed by atoms with van der Waals surface area (Å²) in [5.74, 6) is 2.59. The van der Waals surface area contributed by atoms with Crippen molar-refractivity contribution < 1.29 is 4.52 Å². The molecule has 0 saturated carbocycles. The Balaban J connectivity index is 1.76. The number of aryl methyl sites for hydroxylation is 2. The highest BCUT2D eigenvalue weighted by molar-refractivity contribution is 4.98. The van der Waals surface area contributed by atoms with Crippen molar-refractivity contribution in [3.8, 4) is 0 Å². The van der Waals surface area contributed by atoms with Crippen LogP contribution in [0.25, 0.3) is 0 Å². The maximum absolute atomic E-state index is 5.40. The van der Waals surface area contributed by atoms with Gasteiger partial charge in [0.25, 0.3) is 0 Å². The molecule has 114 valence electrons. The van der Waals surface area contributed by atoms with E-state index in [0.29, 0.717) is 5.82 Å². The van der Waals surface area contributed by atoms with Gasteiger partial charge in [-0.15, -0.1) is 0 Å². The van der Waals surface area contributed by atoms with Crippen molar-refractivity contribution in [3.63, 3.8) is 0 Å². The van der Waals surface area contributed by atoms with E-state index in [9.17, 15) is 0 Å². The maximum atomic E-state index is 5.40. The SMILES string of the molecule is CCCn1ccnc1CN1CCCC[C@H]1c1nc(C)no1. The molecule has 3 rings (SSSR count). The average molecular weight is 289 g/mol. The molecule has 0 aliphatic carbocycles. The molecule has 0 unspecified atom stereocenters. The van der Waals surface area contributed by atoms with Gasteiger partial charge in [0.2, 0.25) is 5.89 Å². The zero-order chi connectivity index (χ0) is 14.7. The van der Waals surface area contributed by atoms with E-state index in [2.05, 4.69) is 37.7 Å². The Morgan fingerprint density at radius 3 is 3.05 bits per heavy atom. The van der Waals surface area contributed by atoms with Gasteiger partial charge in [0.15, 0.2) is 5.82 Å². The minimum Gasteiger partial charge on any atom is -0.338 e. The van der Waals surface area contributed by atoms with Gasteiger partial charge in [0.05, 0.1) is 12.6 Å². The summed E-state index contributed by atoms with van der Waals surface area (Å²) in [6, 6.07) is 0.228. The molecule has 21 heavy (non-hydrogen) atoms. The molecule has 6 nitrogen and oxygen atoms in total. The molecule has 0 amide bonds. The topological polar surface area (TPSA) is 60.0 Å². The molecule has 1 aliphatic heterocycles. The number of rotatable bonds is 5. The lowest BCUT2D eigenvalue weighted by molar-refractivity contribution is 0.107. The summed E-state index contributed by atoms with van der Waals surface area (Å²) < 4.78 is 7.64. The summed E-state index contributed by atoms with van der Waals surface area (Å²) in [6.07, 6.45) is 8.59. The summed E-state index contributed by atoms with van der Waals surface area (Å²) in [5.41, 5.74) is 0. The fourth-order valence-corrected chi connectivity index (χ4v) is 3.03. The van der Waals surface area contributed by atoms with Crippen LogP contribution in [0.2, 0.25) is 0 Å². The van der Waals surface area contributed by atoms with Crippen LogP contribution in [0.5, 0.6) is 0 Å². The second-order valence-electron chi connectivity index (χ2n) is 5.70. The second-order valence-corrected chi connectivity index (χ2v) is 5.70. The summed E-state index contributed by atoms with van der Waals surface area (Å²) in [5, 5.41) is 3.94. The van der Waals surface area contributed by atoms with E-state index in [1.807, 2.05) is 13.1 Å². The second kappa shape index (κ2) is 6.39. The molecule has 1 saturated heterocycles. The normalized spacial score (nSPS) is 20.0. The lowest BCUT2D eigenvalue weighted by atomic mass is 10.0. The van der Waals surface area contributed by atoms with E-state index in [1.54, 1.807) is 0 Å². The largest absolute Gasteiger partial charge is 0.338 e. The molecule has 0 aromatic carbocycles. The highest BCUT2D eigenvalue weighted by atomic mass is 16.5. The van der Waals surface area contributed by atoms with E-state index < -0.39 is 0 Å². The van der Waals surface area contributed by atoms with Crippen LogP contribution >= 0.6 is 0 Å². The average Bonchev–Trinajstić information content (AvgIpc) is 3.10. The van der Waals surface area contributed by atoms with Crippen molar-refractivity contribution in [2.75, 3.05) is 6.54 Å². The summed E-state index contributed by atoms with van der Waals surface area (Å²) >= 11 is 0. The van der Waals surface area contributed by atoms with E-state index in [4.69, 9.17) is 4.52 Å². The Labute approximate surface area is 125 Å². The van der Waals surface area contributed by atoms with Crippen molar-refractivity contribution in [3.05, 3.63) is 29.9 Å². The number of nitrogens with zero attached hydrogens (tertiary/aromatic N) is 5. The first-order valence-electron chi connectivity index (χ1n) is 7.82. The third kappa shape index (κ3) is 3.15. The number of aromatic nitrogens is 4. The van der Waals surface area contributed by atoms with Gasteiger partial charge in [-0.2, -0.15) is 4.98 Å². The standard InChI is InChI=1S/C15H23N5O/c1-3-8-19-10-7-16-14(19)11-20-9-5-4-6-13(20)15-17-12(2)18-21-15/h7,10,13H,3-6,8-9,11H2,1-2H3/t13-/m0/s1. The molecule has 6 heteroatoms. The Bertz CT molecular complexity index is 576. The molecule has 2 aromatic heterocycles. The van der Waals surface area contributed by atoms with Crippen molar-refractivity contribution >= 4 is 0 Å². The van der Waals surface area contributed by atoms with E-state index in [-0.39, 0.29) is 6.04 Å². The van der Waals surface area contributed by atoms with Crippen molar-refractivity contribution in [1.82, 2.24) is 24.6 Å². The summed E-state index contributed by atoms with van der Waals surface area (Å²) in [6.45, 7) is 6.99. The zero-order valence-corrected chi connectivity index (χ0v) is 12.8. The van der Waals surface area contributed by atoms with Crippen LogP contribution < -0.4 is 0 Å². The van der Waals surface area contributed by atoms with Gasteiger partial charge >= 0.3 is 0 Å². The fourth-order valence-electron chi connectivity index (χ4n) is 3.03. The quantitative estimate of drug-likeness (QED) is 0.847. The van der Waals surface area contributed by atoms with Crippen LogP contribution in [0.15, 0.2) is 16.9 Å². The Hall–Kier alpha value is -1.69. The van der Waals surface area contributed by atoms with Gasteiger partial charge in [-0.3, -0.25) is 4.90 Å². The Kier molecular flexibility index (Phi) is 4.34. The lowest BCUT2D eigenvalue weighted by Crippen LogP contribution is -2.34. The Morgan fingerprint density at radius 1 is 1.38 bits per heavy atom. The van der Waals surface area contributed by atoms with E-state index in [0.717, 1.165) is 44.2 Å². The van der Waals surface area contributed by atoms with Crippen LogP contribution in [0.4, 0.5) is 0 Å². The fraction of sp³-hybridized carbons (Fsp3) is 0.667. The molecule has 1 aliphatic rings. The molecule has 0 spiro atoms. The van der Waals surface area contributed by atoms with Crippen molar-refractivity contribution in [2.45, 2.75) is 58.7 Å². The predicted molar refractivity (Wildman–Crippen MR) is 78.6 cm³/mol. The first-order chi connectivity index (χ1) is 10.3. The zero-order valence-electron chi connectivity index (χ0n) is 12.8. The number of likely N-dealkylation sites (tertiary alicyclic amines) is 1. The van der Waals surface area contributed by atoms with Gasteiger partial charge < -0.3 is 9.09 Å². The number of hydrogen-bond donors (Lipinski definition) is 0. The van der Waals surface area contributed by atoms with Crippen LogP contribution in [0.3, 0.4) is 0 Å². The number of hydrogen-bond acceptors (Lipinski definition) is 5. The van der Waals surface area contributed by atoms with Crippen molar-refractivity contribution in [2.24, 2.45) is 0 Å². The molecule has 1 atom stereocenters. The highest BCUT2D eigenvalue weighted by Crippen LogP contribution is 2.30. The monoisotopic (exact) mass is 289 g/mol. The minimum absolute atomic E-state index is 0.228. The minimum atomic E-state index is 0.228. The molecule has 2 aromatic rings. The molecule has 3 heterocycles. The first-order valence-corrected chi connectivity index (χ1v) is 7.82. The molecular weight excluding hydrogens is 266 g/mol. The predicted octanol–water partition coefficient (Wildman–Crippen LogP) is 2.71. The third-order valence-electron chi connectivity index (χ3n) is 4.05. The summed E-state index contributed by atoms with van der Waals surface area (Å²) in [7, 11) is 0. The van der Waals surface area contributed by atoms with Gasteiger partial charge in [0, 0.05) is 18.9 Å².